The van der Waals surface area contributed by atoms with Gasteiger partial charge in [0.1, 0.15) is 5.56 Å². The van der Waals surface area contributed by atoms with Gasteiger partial charge in [-0.2, -0.15) is 0 Å². The molecular formula is C11H7NO4. The van der Waals surface area contributed by atoms with E-state index < -0.39 is 10.9 Å². The number of fused-ring (bicyclic) bond motifs is 1. The van der Waals surface area contributed by atoms with E-state index in [-0.39, 0.29) is 11.3 Å². The molecule has 0 aliphatic heterocycles. The second-order valence-corrected chi connectivity index (χ2v) is 3.25. The summed E-state index contributed by atoms with van der Waals surface area (Å²) >= 11 is 0. The lowest BCUT2D eigenvalue weighted by Crippen LogP contribution is -2.02. The first-order chi connectivity index (χ1) is 7.61. The maximum Gasteiger partial charge on any atom is 0.342 e. The molecule has 0 saturated carbocycles. The van der Waals surface area contributed by atoms with Crippen molar-refractivity contribution in [2.75, 3.05) is 0 Å². The summed E-state index contributed by atoms with van der Waals surface area (Å²) in [6.07, 6.45) is 0. The fourth-order valence-electron chi connectivity index (χ4n) is 1.62. The van der Waals surface area contributed by atoms with Crippen LogP contribution in [0.15, 0.2) is 36.4 Å². The van der Waals surface area contributed by atoms with Gasteiger partial charge in [0.2, 0.25) is 0 Å². The Morgan fingerprint density at radius 3 is 2.50 bits per heavy atom. The molecule has 0 heterocycles. The number of carbonyl (C=O) groups is 1. The highest BCUT2D eigenvalue weighted by Crippen LogP contribution is 2.29. The summed E-state index contributed by atoms with van der Waals surface area (Å²) in [5.74, 6) is -1.29. The Balaban J connectivity index is 2.90. The van der Waals surface area contributed by atoms with Gasteiger partial charge >= 0.3 is 5.97 Å². The zero-order chi connectivity index (χ0) is 11.7. The summed E-state index contributed by atoms with van der Waals surface area (Å²) < 4.78 is 0. The van der Waals surface area contributed by atoms with Crippen LogP contribution in [0.2, 0.25) is 0 Å². The minimum Gasteiger partial charge on any atom is -0.477 e. The van der Waals surface area contributed by atoms with Gasteiger partial charge in [0.25, 0.3) is 5.69 Å². The van der Waals surface area contributed by atoms with Gasteiger partial charge in [0.05, 0.1) is 10.3 Å². The van der Waals surface area contributed by atoms with E-state index in [0.717, 1.165) is 0 Å². The monoisotopic (exact) mass is 217 g/mol. The Morgan fingerprint density at radius 2 is 1.88 bits per heavy atom. The minimum atomic E-state index is -1.29. The Morgan fingerprint density at radius 1 is 1.19 bits per heavy atom. The van der Waals surface area contributed by atoms with E-state index in [9.17, 15) is 14.9 Å². The van der Waals surface area contributed by atoms with Gasteiger partial charge in [-0.3, -0.25) is 10.1 Å². The van der Waals surface area contributed by atoms with Crippen LogP contribution in [0, 0.1) is 10.1 Å². The summed E-state index contributed by atoms with van der Waals surface area (Å²) in [5, 5.41) is 20.7. The zero-order valence-electron chi connectivity index (χ0n) is 8.08. The number of benzene rings is 2. The average Bonchev–Trinajstić information content (AvgIpc) is 2.27. The van der Waals surface area contributed by atoms with Gasteiger partial charge in [0, 0.05) is 0 Å². The number of carboxylic acid groups (broad SMARTS) is 1. The molecule has 0 fully saturated rings. The second kappa shape index (κ2) is 3.62. The van der Waals surface area contributed by atoms with Gasteiger partial charge < -0.3 is 5.11 Å². The Labute approximate surface area is 90.1 Å². The Hall–Kier alpha value is -2.43. The largest absolute Gasteiger partial charge is 0.477 e. The molecule has 5 nitrogen and oxygen atoms in total. The molecule has 0 amide bonds. The van der Waals surface area contributed by atoms with E-state index in [1.54, 1.807) is 30.3 Å². The third-order valence-electron chi connectivity index (χ3n) is 2.31. The molecule has 2 aromatic rings. The highest BCUT2D eigenvalue weighted by Gasteiger charge is 2.22. The van der Waals surface area contributed by atoms with Gasteiger partial charge in [0.15, 0.2) is 0 Å². The molecule has 16 heavy (non-hydrogen) atoms. The van der Waals surface area contributed by atoms with Crippen molar-refractivity contribution < 1.29 is 14.8 Å². The van der Waals surface area contributed by atoms with Crippen LogP contribution in [-0.2, 0) is 0 Å². The van der Waals surface area contributed by atoms with E-state index in [1.165, 1.54) is 6.07 Å². The number of carboxylic acids is 1. The third-order valence-corrected chi connectivity index (χ3v) is 2.31. The number of aromatic carboxylic acids is 1. The van der Waals surface area contributed by atoms with Crippen molar-refractivity contribution in [3.05, 3.63) is 52.1 Å². The summed E-state index contributed by atoms with van der Waals surface area (Å²) in [5.41, 5.74) is -0.644. The maximum absolute atomic E-state index is 10.9. The van der Waals surface area contributed by atoms with E-state index in [2.05, 4.69) is 0 Å². The van der Waals surface area contributed by atoms with E-state index >= 15 is 0 Å². The molecular weight excluding hydrogens is 210 g/mol. The van der Waals surface area contributed by atoms with E-state index in [0.29, 0.717) is 10.8 Å². The molecule has 5 heteroatoms. The minimum absolute atomic E-state index is 0.288. The first-order valence-electron chi connectivity index (χ1n) is 4.50. The zero-order valence-corrected chi connectivity index (χ0v) is 8.08. The second-order valence-electron chi connectivity index (χ2n) is 3.25. The lowest BCUT2D eigenvalue weighted by atomic mass is 10.0. The molecule has 0 atom stereocenters. The number of hydrogen-bond acceptors (Lipinski definition) is 3. The highest BCUT2D eigenvalue weighted by molar-refractivity contribution is 6.02. The summed E-state index contributed by atoms with van der Waals surface area (Å²) in [4.78, 5) is 21.1. The molecule has 0 aromatic heterocycles. The van der Waals surface area contributed by atoms with Crippen LogP contribution >= 0.6 is 0 Å². The standard InChI is InChI=1S/C11H7NO4/c13-11(14)9-6-5-7-3-1-2-4-8(7)10(9)12(15)16/h1-6H,(H,13,14). The van der Waals surface area contributed by atoms with Crippen LogP contribution < -0.4 is 0 Å². The Kier molecular flexibility index (Phi) is 2.28. The molecule has 80 valence electrons. The molecule has 0 bridgehead atoms. The molecule has 0 saturated heterocycles. The van der Waals surface area contributed by atoms with Crippen LogP contribution in [0.4, 0.5) is 5.69 Å². The SMILES string of the molecule is O=C(O)c1ccc2ccccc2c1[N+](=O)[O-]. The van der Waals surface area contributed by atoms with Gasteiger partial charge in [-0.15, -0.1) is 0 Å². The summed E-state index contributed by atoms with van der Waals surface area (Å²) in [7, 11) is 0. The molecule has 1 N–H and O–H groups in total. The average molecular weight is 217 g/mol. The molecule has 0 spiro atoms. The maximum atomic E-state index is 10.9. The van der Waals surface area contributed by atoms with Gasteiger partial charge in [-0.25, -0.2) is 4.79 Å². The van der Waals surface area contributed by atoms with Crippen molar-refractivity contribution in [3.8, 4) is 0 Å². The molecule has 2 aromatic carbocycles. The number of rotatable bonds is 2. The number of nitro benzene ring substituents is 1. The normalized spacial score (nSPS) is 10.2. The number of nitro groups is 1. The molecule has 2 rings (SSSR count). The number of nitrogens with zero attached hydrogens (tertiary/aromatic N) is 1. The van der Waals surface area contributed by atoms with Gasteiger partial charge in [-0.1, -0.05) is 24.3 Å². The van der Waals surface area contributed by atoms with E-state index in [1.807, 2.05) is 0 Å². The number of hydrogen-bond donors (Lipinski definition) is 1. The molecule has 0 radical (unpaired) electrons. The molecule has 0 aliphatic rings. The summed E-state index contributed by atoms with van der Waals surface area (Å²) in [6.45, 7) is 0. The first-order valence-corrected chi connectivity index (χ1v) is 4.50. The first kappa shape index (κ1) is 10.1. The van der Waals surface area contributed by atoms with Crippen molar-refractivity contribution in [2.24, 2.45) is 0 Å². The third kappa shape index (κ3) is 1.48. The van der Waals surface area contributed by atoms with Crippen molar-refractivity contribution in [3.63, 3.8) is 0 Å². The van der Waals surface area contributed by atoms with Crippen LogP contribution in [0.3, 0.4) is 0 Å². The van der Waals surface area contributed by atoms with E-state index in [4.69, 9.17) is 5.11 Å². The summed E-state index contributed by atoms with van der Waals surface area (Å²) in [6, 6.07) is 9.44. The van der Waals surface area contributed by atoms with Crippen LogP contribution in [0.5, 0.6) is 0 Å². The lowest BCUT2D eigenvalue weighted by molar-refractivity contribution is -0.383. The van der Waals surface area contributed by atoms with Crippen LogP contribution in [0.1, 0.15) is 10.4 Å². The van der Waals surface area contributed by atoms with Crippen LogP contribution in [-0.4, -0.2) is 16.0 Å². The van der Waals surface area contributed by atoms with Crippen molar-refractivity contribution in [1.29, 1.82) is 0 Å². The van der Waals surface area contributed by atoms with Crippen molar-refractivity contribution in [2.45, 2.75) is 0 Å². The Bertz CT molecular complexity index is 592. The smallest absolute Gasteiger partial charge is 0.342 e. The fraction of sp³-hybridized carbons (Fsp3) is 0. The topological polar surface area (TPSA) is 80.4 Å². The molecule has 0 unspecified atom stereocenters. The van der Waals surface area contributed by atoms with Crippen molar-refractivity contribution in [1.82, 2.24) is 0 Å². The lowest BCUT2D eigenvalue weighted by Gasteiger charge is -2.02. The fourth-order valence-corrected chi connectivity index (χ4v) is 1.62. The van der Waals surface area contributed by atoms with Gasteiger partial charge in [-0.05, 0) is 17.5 Å². The molecule has 0 aliphatic carbocycles. The quantitative estimate of drug-likeness (QED) is 0.618. The predicted molar refractivity (Wildman–Crippen MR) is 57.6 cm³/mol. The predicted octanol–water partition coefficient (Wildman–Crippen LogP) is 2.45. The van der Waals surface area contributed by atoms with Crippen molar-refractivity contribution >= 4 is 22.4 Å². The van der Waals surface area contributed by atoms with Crippen LogP contribution in [0.25, 0.3) is 10.8 Å². The highest BCUT2D eigenvalue weighted by atomic mass is 16.6.